The van der Waals surface area contributed by atoms with Gasteiger partial charge in [-0.15, -0.1) is 0 Å². The first-order valence-electron chi connectivity index (χ1n) is 5.01. The van der Waals surface area contributed by atoms with Crippen molar-refractivity contribution in [1.29, 1.82) is 0 Å². The zero-order chi connectivity index (χ0) is 13.5. The summed E-state index contributed by atoms with van der Waals surface area (Å²) in [5.41, 5.74) is 0. The average molecular weight is 256 g/mol. The number of carboxylic acids is 1. The normalized spacial score (nSPS) is 16.7. The molecule has 1 heterocycles. The molecule has 0 aromatic rings. The molecular formula is C9H15F3N2O3. The number of alkyl halides is 3. The van der Waals surface area contributed by atoms with Gasteiger partial charge in [0.25, 0.3) is 0 Å². The standard InChI is InChI=1S/C7H14N2O.C2HF3O2/c1-6(10)9-7-2-4-8-5-3-7;3-2(4,5)1(6)7/h7-8H,2-5H2,1H3,(H,9,10);(H,6,7). The van der Waals surface area contributed by atoms with E-state index >= 15 is 0 Å². The van der Waals surface area contributed by atoms with E-state index in [1.165, 1.54) is 0 Å². The highest BCUT2D eigenvalue weighted by Gasteiger charge is 2.38. The Bertz CT molecular complexity index is 263. The number of hydrogen-bond donors (Lipinski definition) is 3. The number of piperidine rings is 1. The predicted molar refractivity (Wildman–Crippen MR) is 53.4 cm³/mol. The van der Waals surface area contributed by atoms with Crippen molar-refractivity contribution < 1.29 is 27.9 Å². The van der Waals surface area contributed by atoms with Crippen molar-refractivity contribution in [3.63, 3.8) is 0 Å². The Morgan fingerprint density at radius 2 is 1.71 bits per heavy atom. The molecule has 0 aliphatic carbocycles. The number of carbonyl (C=O) groups is 2. The predicted octanol–water partition coefficient (Wildman–Crippen LogP) is 0.508. The molecule has 0 aromatic heterocycles. The van der Waals surface area contributed by atoms with Crippen LogP contribution in [-0.4, -0.2) is 42.3 Å². The van der Waals surface area contributed by atoms with Crippen molar-refractivity contribution in [2.24, 2.45) is 0 Å². The van der Waals surface area contributed by atoms with Gasteiger partial charge < -0.3 is 15.7 Å². The molecule has 3 N–H and O–H groups in total. The number of halogens is 3. The van der Waals surface area contributed by atoms with Gasteiger partial charge >= 0.3 is 12.1 Å². The summed E-state index contributed by atoms with van der Waals surface area (Å²) in [6.45, 7) is 3.64. The molecule has 1 saturated heterocycles. The number of carbonyl (C=O) groups excluding carboxylic acids is 1. The summed E-state index contributed by atoms with van der Waals surface area (Å²) in [7, 11) is 0. The van der Waals surface area contributed by atoms with Crippen LogP contribution < -0.4 is 10.6 Å². The minimum absolute atomic E-state index is 0.0897. The molecule has 0 aromatic carbocycles. The summed E-state index contributed by atoms with van der Waals surface area (Å²) in [5, 5.41) is 13.3. The average Bonchev–Trinajstić information content (AvgIpc) is 2.17. The maximum Gasteiger partial charge on any atom is 0.490 e. The fourth-order valence-electron chi connectivity index (χ4n) is 1.25. The van der Waals surface area contributed by atoms with Gasteiger partial charge in [-0.25, -0.2) is 4.79 Å². The molecule has 17 heavy (non-hydrogen) atoms. The smallest absolute Gasteiger partial charge is 0.475 e. The van der Waals surface area contributed by atoms with E-state index in [1.807, 2.05) is 0 Å². The fraction of sp³-hybridized carbons (Fsp3) is 0.778. The molecular weight excluding hydrogens is 241 g/mol. The van der Waals surface area contributed by atoms with E-state index in [2.05, 4.69) is 10.6 Å². The maximum absolute atomic E-state index is 10.6. The minimum atomic E-state index is -5.08. The van der Waals surface area contributed by atoms with Crippen molar-refractivity contribution in [2.75, 3.05) is 13.1 Å². The van der Waals surface area contributed by atoms with Crippen LogP contribution in [0.4, 0.5) is 13.2 Å². The first-order valence-corrected chi connectivity index (χ1v) is 5.01. The lowest BCUT2D eigenvalue weighted by molar-refractivity contribution is -0.192. The molecule has 0 unspecified atom stereocenters. The van der Waals surface area contributed by atoms with Crippen LogP contribution in [0.1, 0.15) is 19.8 Å². The van der Waals surface area contributed by atoms with Crippen molar-refractivity contribution in [3.8, 4) is 0 Å². The molecule has 0 spiro atoms. The zero-order valence-corrected chi connectivity index (χ0v) is 9.30. The first kappa shape index (κ1) is 15.7. The molecule has 100 valence electrons. The third kappa shape index (κ3) is 8.49. The van der Waals surface area contributed by atoms with Crippen molar-refractivity contribution in [2.45, 2.75) is 32.0 Å². The monoisotopic (exact) mass is 256 g/mol. The molecule has 1 aliphatic rings. The van der Waals surface area contributed by atoms with E-state index in [9.17, 15) is 18.0 Å². The van der Waals surface area contributed by atoms with Crippen molar-refractivity contribution >= 4 is 11.9 Å². The van der Waals surface area contributed by atoms with Crippen LogP contribution in [0, 0.1) is 0 Å². The lowest BCUT2D eigenvalue weighted by Gasteiger charge is -2.22. The second kappa shape index (κ2) is 7.10. The van der Waals surface area contributed by atoms with Crippen LogP contribution in [-0.2, 0) is 9.59 Å². The highest BCUT2D eigenvalue weighted by atomic mass is 19.4. The Hall–Kier alpha value is -1.31. The van der Waals surface area contributed by atoms with E-state index in [0.29, 0.717) is 6.04 Å². The summed E-state index contributed by atoms with van der Waals surface area (Å²) < 4.78 is 31.7. The largest absolute Gasteiger partial charge is 0.490 e. The Morgan fingerprint density at radius 3 is 2.00 bits per heavy atom. The second-order valence-electron chi connectivity index (χ2n) is 3.53. The van der Waals surface area contributed by atoms with Crippen molar-refractivity contribution in [1.82, 2.24) is 10.6 Å². The van der Waals surface area contributed by atoms with Gasteiger partial charge in [-0.05, 0) is 25.9 Å². The van der Waals surface area contributed by atoms with Crippen LogP contribution in [0.15, 0.2) is 0 Å². The van der Waals surface area contributed by atoms with Gasteiger partial charge in [0, 0.05) is 13.0 Å². The third-order valence-electron chi connectivity index (χ3n) is 1.99. The Kier molecular flexibility index (Phi) is 6.55. The number of hydrogen-bond acceptors (Lipinski definition) is 3. The molecule has 8 heteroatoms. The van der Waals surface area contributed by atoms with E-state index < -0.39 is 12.1 Å². The van der Waals surface area contributed by atoms with Gasteiger partial charge in [0.05, 0.1) is 0 Å². The summed E-state index contributed by atoms with van der Waals surface area (Å²) in [4.78, 5) is 19.5. The van der Waals surface area contributed by atoms with Gasteiger partial charge in [-0.3, -0.25) is 4.79 Å². The molecule has 1 rings (SSSR count). The SMILES string of the molecule is CC(=O)NC1CCNCC1.O=C(O)C(F)(F)F. The lowest BCUT2D eigenvalue weighted by Crippen LogP contribution is -2.41. The Labute approximate surface area is 96.4 Å². The molecule has 0 radical (unpaired) electrons. The van der Waals surface area contributed by atoms with Gasteiger partial charge in [-0.1, -0.05) is 0 Å². The van der Waals surface area contributed by atoms with Gasteiger partial charge in [0.2, 0.25) is 5.91 Å². The topological polar surface area (TPSA) is 78.4 Å². The number of amides is 1. The third-order valence-corrected chi connectivity index (χ3v) is 1.99. The molecule has 1 amide bonds. The van der Waals surface area contributed by atoms with E-state index in [1.54, 1.807) is 6.92 Å². The fourth-order valence-corrected chi connectivity index (χ4v) is 1.25. The summed E-state index contributed by atoms with van der Waals surface area (Å²) in [6, 6.07) is 0.416. The summed E-state index contributed by atoms with van der Waals surface area (Å²) in [5.74, 6) is -2.67. The van der Waals surface area contributed by atoms with Gasteiger partial charge in [0.1, 0.15) is 0 Å². The van der Waals surface area contributed by atoms with Gasteiger partial charge in [0.15, 0.2) is 0 Å². The van der Waals surface area contributed by atoms with Crippen LogP contribution in [0.2, 0.25) is 0 Å². The van der Waals surface area contributed by atoms with E-state index in [-0.39, 0.29) is 5.91 Å². The maximum atomic E-state index is 10.6. The molecule has 0 bridgehead atoms. The quantitative estimate of drug-likeness (QED) is 0.638. The number of aliphatic carboxylic acids is 1. The number of nitrogens with one attached hydrogen (secondary N) is 2. The van der Waals surface area contributed by atoms with Crippen LogP contribution >= 0.6 is 0 Å². The highest BCUT2D eigenvalue weighted by molar-refractivity contribution is 5.73. The second-order valence-corrected chi connectivity index (χ2v) is 3.53. The summed E-state index contributed by atoms with van der Waals surface area (Å²) in [6.07, 6.45) is -2.95. The zero-order valence-electron chi connectivity index (χ0n) is 9.30. The van der Waals surface area contributed by atoms with E-state index in [0.717, 1.165) is 25.9 Å². The Balaban J connectivity index is 0.000000325. The Morgan fingerprint density at radius 1 is 1.29 bits per heavy atom. The molecule has 1 fully saturated rings. The highest BCUT2D eigenvalue weighted by Crippen LogP contribution is 2.13. The lowest BCUT2D eigenvalue weighted by atomic mass is 10.1. The molecule has 1 aliphatic heterocycles. The molecule has 0 atom stereocenters. The van der Waals surface area contributed by atoms with Crippen molar-refractivity contribution in [3.05, 3.63) is 0 Å². The van der Waals surface area contributed by atoms with E-state index in [4.69, 9.17) is 9.90 Å². The first-order chi connectivity index (χ1) is 7.73. The molecule has 5 nitrogen and oxygen atoms in total. The molecule has 0 saturated carbocycles. The van der Waals surface area contributed by atoms with Crippen LogP contribution in [0.3, 0.4) is 0 Å². The minimum Gasteiger partial charge on any atom is -0.475 e. The number of rotatable bonds is 1. The summed E-state index contributed by atoms with van der Waals surface area (Å²) >= 11 is 0. The number of carboxylic acid groups (broad SMARTS) is 1. The van der Waals surface area contributed by atoms with Gasteiger partial charge in [-0.2, -0.15) is 13.2 Å². The van der Waals surface area contributed by atoms with Crippen LogP contribution in [0.5, 0.6) is 0 Å². The van der Waals surface area contributed by atoms with Crippen LogP contribution in [0.25, 0.3) is 0 Å².